The maximum atomic E-state index is 12.7. The zero-order chi connectivity index (χ0) is 19.3. The Balaban J connectivity index is 2.02. The van der Waals surface area contributed by atoms with Gasteiger partial charge in [0.2, 0.25) is 11.9 Å². The van der Waals surface area contributed by atoms with Gasteiger partial charge in [-0.25, -0.2) is 0 Å². The number of hydrogen-bond donors (Lipinski definition) is 1. The van der Waals surface area contributed by atoms with Crippen LogP contribution < -0.4 is 15.0 Å². The van der Waals surface area contributed by atoms with Crippen LogP contribution in [0.2, 0.25) is 0 Å². The molecule has 0 aliphatic carbocycles. The Labute approximate surface area is 148 Å². The number of ether oxygens (including phenoxy) is 1. The normalized spacial score (nSPS) is 11.2. The van der Waals surface area contributed by atoms with Crippen molar-refractivity contribution in [3.8, 4) is 6.01 Å². The topological polar surface area (TPSA) is 80.2 Å². The first-order valence-electron chi connectivity index (χ1n) is 7.58. The van der Waals surface area contributed by atoms with Crippen molar-refractivity contribution >= 4 is 11.9 Å². The van der Waals surface area contributed by atoms with E-state index < -0.39 is 17.6 Å². The molecular formula is C16H18F3N5O2. The Kier molecular flexibility index (Phi) is 5.96. The summed E-state index contributed by atoms with van der Waals surface area (Å²) in [6, 6.07) is 4.75. The van der Waals surface area contributed by atoms with E-state index in [-0.39, 0.29) is 30.4 Å². The molecule has 0 unspecified atom stereocenters. The van der Waals surface area contributed by atoms with Crippen molar-refractivity contribution in [1.29, 1.82) is 0 Å². The molecule has 0 bridgehead atoms. The third-order valence-corrected chi connectivity index (χ3v) is 3.29. The number of benzene rings is 1. The summed E-state index contributed by atoms with van der Waals surface area (Å²) in [5.41, 5.74) is -0.528. The number of hydrogen-bond acceptors (Lipinski definition) is 6. The van der Waals surface area contributed by atoms with Gasteiger partial charge in [0.05, 0.1) is 25.6 Å². The van der Waals surface area contributed by atoms with Crippen LogP contribution in [0.4, 0.5) is 19.1 Å². The molecule has 0 radical (unpaired) electrons. The summed E-state index contributed by atoms with van der Waals surface area (Å²) >= 11 is 0. The molecule has 0 fully saturated rings. The molecule has 1 heterocycles. The van der Waals surface area contributed by atoms with Crippen molar-refractivity contribution in [1.82, 2.24) is 20.3 Å². The molecule has 140 valence electrons. The van der Waals surface area contributed by atoms with Gasteiger partial charge in [0.15, 0.2) is 5.82 Å². The van der Waals surface area contributed by atoms with Gasteiger partial charge in [-0.2, -0.15) is 28.1 Å². The average molecular weight is 369 g/mol. The standard InChI is InChI=1S/C16H18F3N5O2/c1-24(2)14-21-12(22-15(23-14)26-3)9-20-13(25)8-10-5-4-6-11(7-10)16(17,18)19/h4-7H,8-9H2,1-3H3,(H,20,25). The lowest BCUT2D eigenvalue weighted by molar-refractivity contribution is -0.137. The van der Waals surface area contributed by atoms with Crippen molar-refractivity contribution < 1.29 is 22.7 Å². The first-order valence-corrected chi connectivity index (χ1v) is 7.58. The second-order valence-electron chi connectivity index (χ2n) is 5.58. The molecule has 0 aliphatic heterocycles. The number of carbonyl (C=O) groups is 1. The lowest BCUT2D eigenvalue weighted by Crippen LogP contribution is -2.26. The van der Waals surface area contributed by atoms with Gasteiger partial charge in [-0.3, -0.25) is 4.79 Å². The summed E-state index contributed by atoms with van der Waals surface area (Å²) in [5.74, 6) is 0.187. The Morgan fingerprint density at radius 2 is 1.96 bits per heavy atom. The molecule has 0 spiro atoms. The number of methoxy groups -OCH3 is 1. The van der Waals surface area contributed by atoms with Gasteiger partial charge in [-0.15, -0.1) is 0 Å². The van der Waals surface area contributed by atoms with Gasteiger partial charge in [-0.1, -0.05) is 18.2 Å². The van der Waals surface area contributed by atoms with Gasteiger partial charge in [-0.05, 0) is 11.6 Å². The highest BCUT2D eigenvalue weighted by molar-refractivity contribution is 5.78. The van der Waals surface area contributed by atoms with Gasteiger partial charge in [0.1, 0.15) is 0 Å². The predicted molar refractivity (Wildman–Crippen MR) is 87.7 cm³/mol. The molecule has 10 heteroatoms. The second-order valence-corrected chi connectivity index (χ2v) is 5.58. The summed E-state index contributed by atoms with van der Waals surface area (Å²) in [4.78, 5) is 25.9. The summed E-state index contributed by atoms with van der Waals surface area (Å²) in [6.45, 7) is -0.00247. The van der Waals surface area contributed by atoms with E-state index in [9.17, 15) is 18.0 Å². The van der Waals surface area contributed by atoms with E-state index in [1.54, 1.807) is 19.0 Å². The number of alkyl halides is 3. The molecule has 1 N–H and O–H groups in total. The zero-order valence-corrected chi connectivity index (χ0v) is 14.5. The van der Waals surface area contributed by atoms with Gasteiger partial charge in [0, 0.05) is 14.1 Å². The Morgan fingerprint density at radius 1 is 1.23 bits per heavy atom. The number of halogens is 3. The molecule has 7 nitrogen and oxygen atoms in total. The van der Waals surface area contributed by atoms with Crippen LogP contribution in [-0.2, 0) is 23.9 Å². The number of nitrogens with one attached hydrogen (secondary N) is 1. The van der Waals surface area contributed by atoms with Gasteiger partial charge in [0.25, 0.3) is 0 Å². The lowest BCUT2D eigenvalue weighted by Gasteiger charge is -2.12. The first-order chi connectivity index (χ1) is 12.2. The third-order valence-electron chi connectivity index (χ3n) is 3.29. The summed E-state index contributed by atoms with van der Waals surface area (Å²) in [5, 5.41) is 2.58. The van der Waals surface area contributed by atoms with Crippen LogP contribution in [0.15, 0.2) is 24.3 Å². The summed E-state index contributed by atoms with van der Waals surface area (Å²) in [7, 11) is 4.89. The Morgan fingerprint density at radius 3 is 2.58 bits per heavy atom. The zero-order valence-electron chi connectivity index (χ0n) is 14.5. The molecule has 1 aromatic carbocycles. The van der Waals surface area contributed by atoms with E-state index in [4.69, 9.17) is 4.74 Å². The molecule has 0 aliphatic rings. The van der Waals surface area contributed by atoms with E-state index in [1.807, 2.05) is 0 Å². The highest BCUT2D eigenvalue weighted by Crippen LogP contribution is 2.29. The third kappa shape index (κ3) is 5.30. The van der Waals surface area contributed by atoms with E-state index in [0.29, 0.717) is 5.95 Å². The molecule has 0 saturated carbocycles. The van der Waals surface area contributed by atoms with Crippen LogP contribution in [0, 0.1) is 0 Å². The number of amides is 1. The van der Waals surface area contributed by atoms with E-state index >= 15 is 0 Å². The van der Waals surface area contributed by atoms with Crippen LogP contribution in [0.1, 0.15) is 17.0 Å². The number of aromatic nitrogens is 3. The minimum Gasteiger partial charge on any atom is -0.467 e. The lowest BCUT2D eigenvalue weighted by atomic mass is 10.1. The molecule has 2 rings (SSSR count). The molecule has 0 saturated heterocycles. The quantitative estimate of drug-likeness (QED) is 0.837. The molecule has 26 heavy (non-hydrogen) atoms. The SMILES string of the molecule is COc1nc(CNC(=O)Cc2cccc(C(F)(F)F)c2)nc(N(C)C)n1. The van der Waals surface area contributed by atoms with Crippen LogP contribution in [0.25, 0.3) is 0 Å². The highest BCUT2D eigenvalue weighted by Gasteiger charge is 2.30. The van der Waals surface area contributed by atoms with Crippen molar-refractivity contribution in [3.05, 3.63) is 41.2 Å². The maximum absolute atomic E-state index is 12.7. The van der Waals surface area contributed by atoms with Crippen molar-refractivity contribution in [2.75, 3.05) is 26.1 Å². The fraction of sp³-hybridized carbons (Fsp3) is 0.375. The number of nitrogens with zero attached hydrogens (tertiary/aromatic N) is 4. The molecular weight excluding hydrogens is 351 g/mol. The smallest absolute Gasteiger partial charge is 0.416 e. The van der Waals surface area contributed by atoms with Crippen LogP contribution in [-0.4, -0.2) is 42.1 Å². The molecule has 2 aromatic rings. The van der Waals surface area contributed by atoms with Crippen molar-refractivity contribution in [2.24, 2.45) is 0 Å². The fourth-order valence-corrected chi connectivity index (χ4v) is 2.04. The predicted octanol–water partition coefficient (Wildman–Crippen LogP) is 1.82. The van der Waals surface area contributed by atoms with Crippen LogP contribution >= 0.6 is 0 Å². The Bertz CT molecular complexity index is 781. The number of anilines is 1. The molecule has 1 aromatic heterocycles. The Hall–Kier alpha value is -2.91. The highest BCUT2D eigenvalue weighted by atomic mass is 19.4. The molecule has 0 atom stereocenters. The summed E-state index contributed by atoms with van der Waals surface area (Å²) in [6.07, 6.45) is -4.64. The minimum atomic E-state index is -4.45. The minimum absolute atomic E-state index is 0.00247. The van der Waals surface area contributed by atoms with Gasteiger partial charge >= 0.3 is 12.2 Å². The van der Waals surface area contributed by atoms with Crippen molar-refractivity contribution in [2.45, 2.75) is 19.1 Å². The number of rotatable bonds is 6. The monoisotopic (exact) mass is 369 g/mol. The van der Waals surface area contributed by atoms with Crippen LogP contribution in [0.3, 0.4) is 0 Å². The van der Waals surface area contributed by atoms with Crippen LogP contribution in [0.5, 0.6) is 6.01 Å². The largest absolute Gasteiger partial charge is 0.467 e. The van der Waals surface area contributed by atoms with E-state index in [1.165, 1.54) is 19.2 Å². The first kappa shape index (κ1) is 19.4. The second kappa shape index (κ2) is 7.98. The maximum Gasteiger partial charge on any atom is 0.416 e. The van der Waals surface area contributed by atoms with Crippen molar-refractivity contribution in [3.63, 3.8) is 0 Å². The molecule has 1 amide bonds. The average Bonchev–Trinajstić information content (AvgIpc) is 2.59. The summed E-state index contributed by atoms with van der Waals surface area (Å²) < 4.78 is 43.1. The van der Waals surface area contributed by atoms with Gasteiger partial charge < -0.3 is 15.0 Å². The number of carbonyl (C=O) groups excluding carboxylic acids is 1. The van der Waals surface area contributed by atoms with E-state index in [2.05, 4.69) is 20.3 Å². The van der Waals surface area contributed by atoms with E-state index in [0.717, 1.165) is 12.1 Å². The fourth-order valence-electron chi connectivity index (χ4n) is 2.04.